The molecule has 0 fully saturated rings. The summed E-state index contributed by atoms with van der Waals surface area (Å²) in [6.07, 6.45) is 3.95. The van der Waals surface area contributed by atoms with Crippen molar-refractivity contribution >= 4 is 5.69 Å². The van der Waals surface area contributed by atoms with Crippen LogP contribution in [0.25, 0.3) is 0 Å². The molecule has 0 saturated carbocycles. The average Bonchev–Trinajstić information content (AvgIpc) is 2.83. The van der Waals surface area contributed by atoms with Crippen molar-refractivity contribution in [2.45, 2.75) is 18.9 Å². The molecule has 1 aromatic carbocycles. The molecular formula is C15H13N3. The SMILES string of the molecule is N#Cc1ccc(NC2CCc3ccccc32)cn1. The third-order valence-electron chi connectivity index (χ3n) is 3.35. The van der Waals surface area contributed by atoms with Crippen LogP contribution in [0, 0.1) is 11.3 Å². The van der Waals surface area contributed by atoms with Crippen molar-refractivity contribution in [1.29, 1.82) is 5.26 Å². The van der Waals surface area contributed by atoms with Gasteiger partial charge in [-0.2, -0.15) is 5.26 Å². The number of aromatic nitrogens is 1. The second-order valence-corrected chi connectivity index (χ2v) is 4.48. The molecule has 1 atom stereocenters. The van der Waals surface area contributed by atoms with Gasteiger partial charge in [0.2, 0.25) is 0 Å². The molecule has 3 heteroatoms. The summed E-state index contributed by atoms with van der Waals surface area (Å²) in [6.45, 7) is 0. The second-order valence-electron chi connectivity index (χ2n) is 4.48. The van der Waals surface area contributed by atoms with Gasteiger partial charge in [-0.25, -0.2) is 4.98 Å². The Bertz CT molecular complexity index is 596. The summed E-state index contributed by atoms with van der Waals surface area (Å²) in [4.78, 5) is 4.07. The maximum atomic E-state index is 8.71. The van der Waals surface area contributed by atoms with Gasteiger partial charge in [0.1, 0.15) is 11.8 Å². The maximum Gasteiger partial charge on any atom is 0.140 e. The number of nitriles is 1. The molecule has 0 radical (unpaired) electrons. The highest BCUT2D eigenvalue weighted by atomic mass is 14.9. The van der Waals surface area contributed by atoms with Crippen LogP contribution in [-0.2, 0) is 6.42 Å². The van der Waals surface area contributed by atoms with Gasteiger partial charge < -0.3 is 5.32 Å². The van der Waals surface area contributed by atoms with Crippen LogP contribution in [0.5, 0.6) is 0 Å². The third-order valence-corrected chi connectivity index (χ3v) is 3.35. The molecule has 0 saturated heterocycles. The maximum absolute atomic E-state index is 8.71. The molecule has 3 nitrogen and oxygen atoms in total. The lowest BCUT2D eigenvalue weighted by Gasteiger charge is -2.15. The fourth-order valence-electron chi connectivity index (χ4n) is 2.45. The number of nitrogens with zero attached hydrogens (tertiary/aromatic N) is 2. The van der Waals surface area contributed by atoms with Crippen molar-refractivity contribution in [3.63, 3.8) is 0 Å². The predicted octanol–water partition coefficient (Wildman–Crippen LogP) is 3.05. The highest BCUT2D eigenvalue weighted by Gasteiger charge is 2.21. The van der Waals surface area contributed by atoms with Crippen molar-refractivity contribution in [3.8, 4) is 6.07 Å². The van der Waals surface area contributed by atoms with Crippen LogP contribution in [0.1, 0.15) is 29.3 Å². The first-order chi connectivity index (χ1) is 8.86. The van der Waals surface area contributed by atoms with E-state index >= 15 is 0 Å². The predicted molar refractivity (Wildman–Crippen MR) is 70.1 cm³/mol. The Morgan fingerprint density at radius 3 is 2.89 bits per heavy atom. The van der Waals surface area contributed by atoms with E-state index in [4.69, 9.17) is 5.26 Å². The number of aryl methyl sites for hydroxylation is 1. The normalized spacial score (nSPS) is 16.9. The number of pyridine rings is 1. The van der Waals surface area contributed by atoms with Crippen molar-refractivity contribution in [3.05, 3.63) is 59.4 Å². The van der Waals surface area contributed by atoms with E-state index < -0.39 is 0 Å². The van der Waals surface area contributed by atoms with Gasteiger partial charge in [-0.05, 0) is 36.1 Å². The number of rotatable bonds is 2. The van der Waals surface area contributed by atoms with Gasteiger partial charge in [-0.15, -0.1) is 0 Å². The van der Waals surface area contributed by atoms with Crippen LogP contribution >= 0.6 is 0 Å². The lowest BCUT2D eigenvalue weighted by Crippen LogP contribution is -2.07. The van der Waals surface area contributed by atoms with E-state index in [0.29, 0.717) is 11.7 Å². The highest BCUT2D eigenvalue weighted by molar-refractivity contribution is 5.47. The van der Waals surface area contributed by atoms with Gasteiger partial charge in [-0.1, -0.05) is 24.3 Å². The van der Waals surface area contributed by atoms with Gasteiger partial charge in [0.05, 0.1) is 17.9 Å². The molecule has 18 heavy (non-hydrogen) atoms. The molecule has 1 heterocycles. The van der Waals surface area contributed by atoms with E-state index in [1.54, 1.807) is 12.3 Å². The summed E-state index contributed by atoms with van der Waals surface area (Å²) in [5.41, 5.74) is 4.22. The summed E-state index contributed by atoms with van der Waals surface area (Å²) < 4.78 is 0. The zero-order valence-corrected chi connectivity index (χ0v) is 9.93. The van der Waals surface area contributed by atoms with Crippen LogP contribution in [0.2, 0.25) is 0 Å². The Hall–Kier alpha value is -2.34. The first-order valence-electron chi connectivity index (χ1n) is 6.07. The molecule has 1 N–H and O–H groups in total. The fraction of sp³-hybridized carbons (Fsp3) is 0.200. The molecular weight excluding hydrogens is 222 g/mol. The molecule has 2 aromatic rings. The van der Waals surface area contributed by atoms with Gasteiger partial charge in [-0.3, -0.25) is 0 Å². The lowest BCUT2D eigenvalue weighted by atomic mass is 10.1. The molecule has 1 aromatic heterocycles. The first kappa shape index (κ1) is 10.8. The Balaban J connectivity index is 1.80. The van der Waals surface area contributed by atoms with E-state index in [1.165, 1.54) is 11.1 Å². The molecule has 0 amide bonds. The highest BCUT2D eigenvalue weighted by Crippen LogP contribution is 2.33. The van der Waals surface area contributed by atoms with E-state index in [1.807, 2.05) is 12.1 Å². The molecule has 0 aliphatic heterocycles. The van der Waals surface area contributed by atoms with Gasteiger partial charge >= 0.3 is 0 Å². The average molecular weight is 235 g/mol. The number of hydrogen-bond donors (Lipinski definition) is 1. The van der Waals surface area contributed by atoms with Gasteiger partial charge in [0.25, 0.3) is 0 Å². The minimum absolute atomic E-state index is 0.357. The second kappa shape index (κ2) is 4.50. The van der Waals surface area contributed by atoms with Crippen LogP contribution in [0.15, 0.2) is 42.6 Å². The molecule has 0 bridgehead atoms. The lowest BCUT2D eigenvalue weighted by molar-refractivity contribution is 0.761. The molecule has 3 rings (SSSR count). The smallest absolute Gasteiger partial charge is 0.140 e. The van der Waals surface area contributed by atoms with Crippen molar-refractivity contribution in [1.82, 2.24) is 4.98 Å². The summed E-state index contributed by atoms with van der Waals surface area (Å²) in [5, 5.41) is 12.2. The van der Waals surface area contributed by atoms with Gasteiger partial charge in [0, 0.05) is 0 Å². The first-order valence-corrected chi connectivity index (χ1v) is 6.07. The minimum atomic E-state index is 0.357. The van der Waals surface area contributed by atoms with E-state index in [0.717, 1.165) is 18.5 Å². The molecule has 0 spiro atoms. The molecule has 88 valence electrons. The number of nitrogens with one attached hydrogen (secondary N) is 1. The Morgan fingerprint density at radius 2 is 2.11 bits per heavy atom. The fourth-order valence-corrected chi connectivity index (χ4v) is 2.45. The number of hydrogen-bond acceptors (Lipinski definition) is 3. The number of fused-ring (bicyclic) bond motifs is 1. The van der Waals surface area contributed by atoms with Crippen LogP contribution in [0.4, 0.5) is 5.69 Å². The monoisotopic (exact) mass is 235 g/mol. The molecule has 1 aliphatic carbocycles. The molecule has 1 unspecified atom stereocenters. The van der Waals surface area contributed by atoms with Crippen LogP contribution in [0.3, 0.4) is 0 Å². The minimum Gasteiger partial charge on any atom is -0.377 e. The Kier molecular flexibility index (Phi) is 2.70. The van der Waals surface area contributed by atoms with Crippen LogP contribution < -0.4 is 5.32 Å². The quantitative estimate of drug-likeness (QED) is 0.870. The van der Waals surface area contributed by atoms with E-state index in [9.17, 15) is 0 Å². The zero-order chi connectivity index (χ0) is 12.4. The summed E-state index contributed by atoms with van der Waals surface area (Å²) in [5.74, 6) is 0. The topological polar surface area (TPSA) is 48.7 Å². The standard InChI is InChI=1S/C15H13N3/c16-9-12-6-7-13(10-17-12)18-15-8-5-11-3-1-2-4-14(11)15/h1-4,6-7,10,15,18H,5,8H2. The van der Waals surface area contributed by atoms with Crippen molar-refractivity contribution in [2.75, 3.05) is 5.32 Å². The number of anilines is 1. The Labute approximate surface area is 106 Å². The largest absolute Gasteiger partial charge is 0.377 e. The summed E-state index contributed by atoms with van der Waals surface area (Å²) in [7, 11) is 0. The van der Waals surface area contributed by atoms with Crippen molar-refractivity contribution in [2.24, 2.45) is 0 Å². The Morgan fingerprint density at radius 1 is 1.22 bits per heavy atom. The number of benzene rings is 1. The molecule has 1 aliphatic rings. The van der Waals surface area contributed by atoms with E-state index in [-0.39, 0.29) is 0 Å². The van der Waals surface area contributed by atoms with Crippen molar-refractivity contribution < 1.29 is 0 Å². The zero-order valence-electron chi connectivity index (χ0n) is 9.93. The summed E-state index contributed by atoms with van der Waals surface area (Å²) >= 11 is 0. The van der Waals surface area contributed by atoms with E-state index in [2.05, 4.69) is 34.6 Å². The van der Waals surface area contributed by atoms with Gasteiger partial charge in [0.15, 0.2) is 0 Å². The summed E-state index contributed by atoms with van der Waals surface area (Å²) in [6, 6.07) is 14.6. The third kappa shape index (κ3) is 1.93. The van der Waals surface area contributed by atoms with Crippen LogP contribution in [-0.4, -0.2) is 4.98 Å².